The lowest BCUT2D eigenvalue weighted by atomic mass is 9.73. The summed E-state index contributed by atoms with van der Waals surface area (Å²) in [5.74, 6) is -1.59. The molecule has 0 aliphatic carbocycles. The van der Waals surface area contributed by atoms with Crippen molar-refractivity contribution in [1.82, 2.24) is 4.98 Å². The summed E-state index contributed by atoms with van der Waals surface area (Å²) in [6.45, 7) is 11.2. The Morgan fingerprint density at radius 2 is 1.97 bits per heavy atom. The van der Waals surface area contributed by atoms with Gasteiger partial charge in [0.2, 0.25) is 0 Å². The van der Waals surface area contributed by atoms with Crippen LogP contribution in [0.2, 0.25) is 0 Å². The summed E-state index contributed by atoms with van der Waals surface area (Å²) in [5, 5.41) is 24.5. The van der Waals surface area contributed by atoms with E-state index in [2.05, 4.69) is 11.9 Å². The number of aromatic nitrogens is 1. The first-order valence-electron chi connectivity index (χ1n) is 12.9. The summed E-state index contributed by atoms with van der Waals surface area (Å²) < 4.78 is 11.9. The van der Waals surface area contributed by atoms with Gasteiger partial charge in [0.1, 0.15) is 16.9 Å². The highest BCUT2D eigenvalue weighted by atomic mass is 32.1. The average molecular weight is 523 g/mol. The van der Waals surface area contributed by atoms with Crippen LogP contribution in [-0.2, 0) is 25.6 Å². The fraction of sp³-hybridized carbons (Fsp3) is 0.741. The number of Topliss-reactive ketones (excluding diaryl/α,β-unsaturated/α-hetero) is 1. The molecule has 2 fully saturated rings. The number of rotatable bonds is 3. The van der Waals surface area contributed by atoms with Gasteiger partial charge < -0.3 is 25.4 Å². The van der Waals surface area contributed by atoms with Crippen molar-refractivity contribution in [2.45, 2.75) is 110 Å². The van der Waals surface area contributed by atoms with Crippen molar-refractivity contribution in [3.8, 4) is 0 Å². The highest BCUT2D eigenvalue weighted by molar-refractivity contribution is 7.09. The van der Waals surface area contributed by atoms with Crippen LogP contribution >= 0.6 is 11.3 Å². The number of epoxide rings is 1. The number of hydrogen-bond donors (Lipinski definition) is 3. The Morgan fingerprint density at radius 3 is 2.61 bits per heavy atom. The number of cyclic esters (lactones) is 1. The lowest BCUT2D eigenvalue weighted by Crippen LogP contribution is -2.45. The van der Waals surface area contributed by atoms with E-state index in [1.165, 1.54) is 11.3 Å². The first-order chi connectivity index (χ1) is 16.8. The van der Waals surface area contributed by atoms with Gasteiger partial charge in [-0.2, -0.15) is 0 Å². The second kappa shape index (κ2) is 11.4. The third-order valence-electron chi connectivity index (χ3n) is 8.03. The topological polar surface area (TPSA) is 135 Å². The predicted molar refractivity (Wildman–Crippen MR) is 139 cm³/mol. The molecular weight excluding hydrogens is 480 g/mol. The zero-order valence-corrected chi connectivity index (χ0v) is 23.1. The van der Waals surface area contributed by atoms with E-state index < -0.39 is 35.6 Å². The molecule has 9 heteroatoms. The molecule has 2 aliphatic rings. The number of carbonyl (C=O) groups excluding carboxylic acids is 2. The Balaban J connectivity index is 1.85. The largest absolute Gasteiger partial charge is 0.458 e. The maximum absolute atomic E-state index is 13.2. The van der Waals surface area contributed by atoms with Crippen LogP contribution in [0.25, 0.3) is 6.08 Å². The molecule has 0 bridgehead atoms. The first kappa shape index (κ1) is 28.9. The van der Waals surface area contributed by atoms with Crippen molar-refractivity contribution in [2.75, 3.05) is 0 Å². The highest BCUT2D eigenvalue weighted by Crippen LogP contribution is 2.45. The highest BCUT2D eigenvalue weighted by Gasteiger charge is 2.53. The number of nitrogens with two attached hydrogens (primary N) is 1. The van der Waals surface area contributed by atoms with Gasteiger partial charge in [-0.3, -0.25) is 9.59 Å². The number of carbonyl (C=O) groups is 2. The van der Waals surface area contributed by atoms with Gasteiger partial charge in [-0.1, -0.05) is 34.1 Å². The molecule has 0 aromatic carbocycles. The molecule has 202 valence electrons. The van der Waals surface area contributed by atoms with E-state index in [1.54, 1.807) is 20.8 Å². The Kier molecular flexibility index (Phi) is 9.15. The lowest BCUT2D eigenvalue weighted by Gasteiger charge is -2.34. The Bertz CT molecular complexity index is 975. The zero-order chi connectivity index (χ0) is 26.8. The van der Waals surface area contributed by atoms with Crippen LogP contribution in [0, 0.1) is 17.3 Å². The minimum absolute atomic E-state index is 0.0660. The summed E-state index contributed by atoms with van der Waals surface area (Å²) in [7, 11) is 0. The number of nitrogens with zero attached hydrogens (tertiary/aromatic N) is 1. The van der Waals surface area contributed by atoms with Gasteiger partial charge in [-0.25, -0.2) is 4.98 Å². The molecule has 2 saturated heterocycles. The number of fused-ring (bicyclic) bond motifs is 1. The smallest absolute Gasteiger partial charge is 0.309 e. The van der Waals surface area contributed by atoms with Crippen LogP contribution in [0.5, 0.6) is 0 Å². The van der Waals surface area contributed by atoms with E-state index in [9.17, 15) is 19.8 Å². The SMILES string of the molecule is C/C(=C\c1csc(CN)n1)[C@H]1C[C@H]2O[C@]2(C)CCC[C@@H](C)[C@@H](O)[C@@H](C)C(=O)C(C)(C)[C@H](O)CC(=O)O1. The molecule has 0 amide bonds. The normalized spacial score (nSPS) is 36.8. The van der Waals surface area contributed by atoms with Crippen molar-refractivity contribution in [1.29, 1.82) is 0 Å². The molecule has 7 atom stereocenters. The maximum Gasteiger partial charge on any atom is 0.309 e. The molecule has 0 unspecified atom stereocenters. The van der Waals surface area contributed by atoms with Crippen LogP contribution < -0.4 is 5.73 Å². The van der Waals surface area contributed by atoms with Gasteiger partial charge in [0, 0.05) is 24.3 Å². The van der Waals surface area contributed by atoms with Gasteiger partial charge in [0.05, 0.1) is 41.4 Å². The van der Waals surface area contributed by atoms with E-state index in [1.807, 2.05) is 25.3 Å². The van der Waals surface area contributed by atoms with Crippen molar-refractivity contribution < 1.29 is 29.3 Å². The van der Waals surface area contributed by atoms with Gasteiger partial charge >= 0.3 is 5.97 Å². The first-order valence-corrected chi connectivity index (χ1v) is 13.8. The summed E-state index contributed by atoms with van der Waals surface area (Å²) in [4.78, 5) is 30.7. The molecule has 36 heavy (non-hydrogen) atoms. The minimum Gasteiger partial charge on any atom is -0.458 e. The predicted octanol–water partition coefficient (Wildman–Crippen LogP) is 3.63. The minimum atomic E-state index is -1.24. The van der Waals surface area contributed by atoms with E-state index in [4.69, 9.17) is 15.2 Å². The monoisotopic (exact) mass is 522 g/mol. The molecule has 1 aromatic rings. The third-order valence-corrected chi connectivity index (χ3v) is 8.92. The fourth-order valence-corrected chi connectivity index (χ4v) is 5.74. The summed E-state index contributed by atoms with van der Waals surface area (Å²) >= 11 is 1.48. The van der Waals surface area contributed by atoms with E-state index in [0.717, 1.165) is 35.5 Å². The molecule has 0 saturated carbocycles. The Hall–Kier alpha value is -1.65. The van der Waals surface area contributed by atoms with E-state index >= 15 is 0 Å². The molecule has 3 rings (SSSR count). The molecule has 4 N–H and O–H groups in total. The van der Waals surface area contributed by atoms with Crippen LogP contribution in [0.15, 0.2) is 11.0 Å². The van der Waals surface area contributed by atoms with Crippen LogP contribution in [0.3, 0.4) is 0 Å². The second-order valence-electron chi connectivity index (χ2n) is 11.3. The average Bonchev–Trinajstić information content (AvgIpc) is 3.23. The number of esters is 1. The van der Waals surface area contributed by atoms with Crippen LogP contribution in [0.1, 0.15) is 84.3 Å². The quantitative estimate of drug-likeness (QED) is 0.405. The lowest BCUT2D eigenvalue weighted by molar-refractivity contribution is -0.154. The molecule has 1 aromatic heterocycles. The summed E-state index contributed by atoms with van der Waals surface area (Å²) in [6.07, 6.45) is 1.80. The standard InChI is InChI=1S/C27H42N2O6S/c1-15-8-7-9-27(6)21(35-27)11-19(16(2)10-18-14-36-22(13-28)29-18)34-23(31)12-20(30)26(4,5)25(33)17(3)24(15)32/h10,14-15,17,19-21,24,30,32H,7-9,11-13,28H2,1-6H3/b16-10+/t15-,17-,19-,20-,21-,24-,27-/m1/s1. The fourth-order valence-electron chi connectivity index (χ4n) is 5.11. The molecular formula is C27H42N2O6S. The van der Waals surface area contributed by atoms with Crippen LogP contribution in [-0.4, -0.2) is 57.0 Å². The van der Waals surface area contributed by atoms with Gasteiger partial charge in [-0.05, 0) is 44.3 Å². The summed E-state index contributed by atoms with van der Waals surface area (Å²) in [5.41, 5.74) is 5.74. The number of thiazole rings is 1. The zero-order valence-electron chi connectivity index (χ0n) is 22.3. The van der Waals surface area contributed by atoms with Gasteiger partial charge in [0.15, 0.2) is 0 Å². The van der Waals surface area contributed by atoms with Crippen LogP contribution in [0.4, 0.5) is 0 Å². The Morgan fingerprint density at radius 1 is 1.28 bits per heavy atom. The third kappa shape index (κ3) is 6.61. The number of ether oxygens (including phenoxy) is 2. The summed E-state index contributed by atoms with van der Waals surface area (Å²) in [6, 6.07) is 0. The second-order valence-corrected chi connectivity index (χ2v) is 12.3. The van der Waals surface area contributed by atoms with E-state index in [-0.39, 0.29) is 29.8 Å². The number of aliphatic hydroxyl groups excluding tert-OH is 2. The maximum atomic E-state index is 13.2. The molecule has 0 radical (unpaired) electrons. The molecule has 8 nitrogen and oxygen atoms in total. The number of aliphatic hydroxyl groups is 2. The van der Waals surface area contributed by atoms with Crippen molar-refractivity contribution in [3.05, 3.63) is 21.7 Å². The van der Waals surface area contributed by atoms with E-state index in [0.29, 0.717) is 13.0 Å². The molecule has 3 heterocycles. The van der Waals surface area contributed by atoms with Crippen molar-refractivity contribution in [2.24, 2.45) is 23.0 Å². The van der Waals surface area contributed by atoms with Crippen molar-refractivity contribution in [3.63, 3.8) is 0 Å². The Labute approximate surface area is 218 Å². The van der Waals surface area contributed by atoms with Gasteiger partial charge in [0.25, 0.3) is 0 Å². The molecule has 2 aliphatic heterocycles. The molecule has 0 spiro atoms. The van der Waals surface area contributed by atoms with Crippen molar-refractivity contribution >= 4 is 29.2 Å². The number of hydrogen-bond acceptors (Lipinski definition) is 9. The number of ketones is 1. The van der Waals surface area contributed by atoms with Gasteiger partial charge in [-0.15, -0.1) is 11.3 Å².